The number of Topliss-reactive ketones (excluding diaryl/α,β-unsaturated/α-hetero) is 1. The number of carbonyl (C=O) groups excluding carboxylic acids is 1. The van der Waals surface area contributed by atoms with Crippen molar-refractivity contribution in [2.24, 2.45) is 5.92 Å². The summed E-state index contributed by atoms with van der Waals surface area (Å²) in [6.07, 6.45) is 1.83. The molecule has 88 valence electrons. The number of ketones is 1. The van der Waals surface area contributed by atoms with Crippen molar-refractivity contribution in [3.63, 3.8) is 0 Å². The lowest BCUT2D eigenvalue weighted by molar-refractivity contribution is -0.126. The summed E-state index contributed by atoms with van der Waals surface area (Å²) in [7, 11) is 0. The van der Waals surface area contributed by atoms with E-state index < -0.39 is 0 Å². The number of likely N-dealkylation sites (tertiary alicyclic amines) is 1. The summed E-state index contributed by atoms with van der Waals surface area (Å²) in [4.78, 5) is 13.9. The minimum atomic E-state index is 0.221. The smallest absolute Gasteiger partial charge is 0.138 e. The van der Waals surface area contributed by atoms with Gasteiger partial charge in [0.15, 0.2) is 0 Å². The van der Waals surface area contributed by atoms with Gasteiger partial charge in [0.25, 0.3) is 0 Å². The summed E-state index contributed by atoms with van der Waals surface area (Å²) >= 11 is 1.76. The van der Waals surface area contributed by atoms with Gasteiger partial charge in [-0.1, -0.05) is 6.92 Å². The maximum absolute atomic E-state index is 11.5. The molecule has 2 heterocycles. The highest BCUT2D eigenvalue weighted by Gasteiger charge is 2.26. The fraction of sp³-hybridized carbons (Fsp3) is 0.615. The second-order valence-electron chi connectivity index (χ2n) is 4.80. The van der Waals surface area contributed by atoms with Gasteiger partial charge in [-0.3, -0.25) is 9.69 Å². The summed E-state index contributed by atoms with van der Waals surface area (Å²) in [5, 5.41) is 4.35. The predicted molar refractivity (Wildman–Crippen MR) is 67.8 cm³/mol. The van der Waals surface area contributed by atoms with E-state index in [1.165, 1.54) is 5.56 Å². The number of hydrogen-bond acceptors (Lipinski definition) is 3. The van der Waals surface area contributed by atoms with Crippen molar-refractivity contribution < 1.29 is 4.79 Å². The summed E-state index contributed by atoms with van der Waals surface area (Å²) < 4.78 is 0. The van der Waals surface area contributed by atoms with Crippen LogP contribution in [0.5, 0.6) is 0 Å². The van der Waals surface area contributed by atoms with Crippen LogP contribution in [0.2, 0.25) is 0 Å². The van der Waals surface area contributed by atoms with Crippen LogP contribution in [0.25, 0.3) is 0 Å². The second-order valence-corrected chi connectivity index (χ2v) is 5.58. The molecular formula is C13H19NOS. The lowest BCUT2D eigenvalue weighted by Crippen LogP contribution is -2.45. The van der Waals surface area contributed by atoms with Gasteiger partial charge < -0.3 is 0 Å². The number of nitrogens with zero attached hydrogens (tertiary/aromatic N) is 1. The average molecular weight is 237 g/mol. The zero-order valence-electron chi connectivity index (χ0n) is 9.98. The van der Waals surface area contributed by atoms with Crippen LogP contribution >= 0.6 is 11.3 Å². The van der Waals surface area contributed by atoms with Crippen molar-refractivity contribution in [3.8, 4) is 0 Å². The predicted octanol–water partition coefficient (Wildman–Crippen LogP) is 2.59. The summed E-state index contributed by atoms with van der Waals surface area (Å²) in [6, 6.07) is 2.74. The van der Waals surface area contributed by atoms with E-state index in [4.69, 9.17) is 0 Å². The molecule has 1 fully saturated rings. The molecule has 0 spiro atoms. The van der Waals surface area contributed by atoms with E-state index in [0.717, 1.165) is 25.9 Å². The highest BCUT2D eigenvalue weighted by molar-refractivity contribution is 7.07. The molecule has 2 atom stereocenters. The molecule has 0 amide bonds. The Hall–Kier alpha value is -0.670. The van der Waals surface area contributed by atoms with Crippen LogP contribution in [0.3, 0.4) is 0 Å². The van der Waals surface area contributed by atoms with Crippen LogP contribution in [0, 0.1) is 5.92 Å². The van der Waals surface area contributed by atoms with E-state index in [0.29, 0.717) is 11.8 Å². The number of rotatable bonds is 3. The van der Waals surface area contributed by atoms with Crippen molar-refractivity contribution in [1.82, 2.24) is 4.90 Å². The lowest BCUT2D eigenvalue weighted by Gasteiger charge is -2.34. The highest BCUT2D eigenvalue weighted by Crippen LogP contribution is 2.18. The standard InChI is InChI=1S/C13H19NOS/c1-10-8-14(5-3-13(10)15)11(2)7-12-4-6-16-9-12/h4,6,9-11H,3,5,7-8H2,1-2H3. The Labute approximate surface area is 101 Å². The monoisotopic (exact) mass is 237 g/mol. The first-order valence-corrected chi connectivity index (χ1v) is 6.89. The van der Waals surface area contributed by atoms with E-state index in [9.17, 15) is 4.79 Å². The van der Waals surface area contributed by atoms with Crippen molar-refractivity contribution in [3.05, 3.63) is 22.4 Å². The van der Waals surface area contributed by atoms with E-state index in [2.05, 4.69) is 28.7 Å². The van der Waals surface area contributed by atoms with Crippen LogP contribution in [0.4, 0.5) is 0 Å². The molecule has 0 saturated carbocycles. The van der Waals surface area contributed by atoms with Gasteiger partial charge in [-0.2, -0.15) is 11.3 Å². The Morgan fingerprint density at radius 2 is 2.44 bits per heavy atom. The first-order chi connectivity index (χ1) is 7.66. The molecule has 2 unspecified atom stereocenters. The van der Waals surface area contributed by atoms with Crippen LogP contribution < -0.4 is 0 Å². The minimum absolute atomic E-state index is 0.221. The van der Waals surface area contributed by atoms with Crippen LogP contribution in [0.1, 0.15) is 25.8 Å². The molecule has 1 saturated heterocycles. The fourth-order valence-electron chi connectivity index (χ4n) is 2.32. The van der Waals surface area contributed by atoms with E-state index in [1.807, 2.05) is 6.92 Å². The zero-order chi connectivity index (χ0) is 11.5. The number of hydrogen-bond donors (Lipinski definition) is 0. The molecule has 0 aliphatic carbocycles. The third-order valence-corrected chi connectivity index (χ3v) is 4.17. The van der Waals surface area contributed by atoms with Crippen LogP contribution in [0.15, 0.2) is 16.8 Å². The average Bonchev–Trinajstić information content (AvgIpc) is 2.74. The number of piperidine rings is 1. The van der Waals surface area contributed by atoms with Crippen LogP contribution in [-0.4, -0.2) is 29.8 Å². The molecule has 1 aliphatic heterocycles. The van der Waals surface area contributed by atoms with Gasteiger partial charge in [-0.15, -0.1) is 0 Å². The summed E-state index contributed by atoms with van der Waals surface area (Å²) in [5.41, 5.74) is 1.42. The Balaban J connectivity index is 1.90. The van der Waals surface area contributed by atoms with Crippen molar-refractivity contribution >= 4 is 17.1 Å². The lowest BCUT2D eigenvalue weighted by atomic mass is 9.96. The Morgan fingerprint density at radius 3 is 3.06 bits per heavy atom. The van der Waals surface area contributed by atoms with Gasteiger partial charge in [0, 0.05) is 31.5 Å². The maximum Gasteiger partial charge on any atom is 0.138 e. The largest absolute Gasteiger partial charge is 0.299 e. The first-order valence-electron chi connectivity index (χ1n) is 5.94. The molecule has 1 aromatic heterocycles. The quantitative estimate of drug-likeness (QED) is 0.805. The second kappa shape index (κ2) is 5.11. The third kappa shape index (κ3) is 2.71. The Bertz CT molecular complexity index is 347. The van der Waals surface area contributed by atoms with Gasteiger partial charge in [0.1, 0.15) is 5.78 Å². The molecule has 1 aliphatic rings. The fourth-order valence-corrected chi connectivity index (χ4v) is 3.01. The molecule has 3 heteroatoms. The summed E-state index contributed by atoms with van der Waals surface area (Å²) in [5.74, 6) is 0.651. The third-order valence-electron chi connectivity index (χ3n) is 3.44. The van der Waals surface area contributed by atoms with Crippen molar-refractivity contribution in [1.29, 1.82) is 0 Å². The number of carbonyl (C=O) groups is 1. The van der Waals surface area contributed by atoms with Gasteiger partial charge >= 0.3 is 0 Å². The highest BCUT2D eigenvalue weighted by atomic mass is 32.1. The normalized spacial score (nSPS) is 24.6. The number of thiophene rings is 1. The van der Waals surface area contributed by atoms with E-state index >= 15 is 0 Å². The molecule has 0 bridgehead atoms. The Kier molecular flexibility index (Phi) is 3.77. The molecule has 2 nitrogen and oxygen atoms in total. The van der Waals surface area contributed by atoms with Crippen LogP contribution in [-0.2, 0) is 11.2 Å². The Morgan fingerprint density at radius 1 is 1.62 bits per heavy atom. The van der Waals surface area contributed by atoms with Gasteiger partial charge in [-0.25, -0.2) is 0 Å². The molecule has 0 N–H and O–H groups in total. The zero-order valence-corrected chi connectivity index (χ0v) is 10.8. The SMILES string of the molecule is CC1CN(C(C)Cc2ccsc2)CCC1=O. The van der Waals surface area contributed by atoms with Gasteiger partial charge in [0.05, 0.1) is 0 Å². The van der Waals surface area contributed by atoms with E-state index in [1.54, 1.807) is 11.3 Å². The van der Waals surface area contributed by atoms with Gasteiger partial charge in [-0.05, 0) is 35.7 Å². The molecule has 0 radical (unpaired) electrons. The minimum Gasteiger partial charge on any atom is -0.299 e. The molecule has 0 aromatic carbocycles. The maximum atomic E-state index is 11.5. The molecule has 16 heavy (non-hydrogen) atoms. The molecule has 1 aromatic rings. The van der Waals surface area contributed by atoms with Crippen molar-refractivity contribution in [2.45, 2.75) is 32.7 Å². The van der Waals surface area contributed by atoms with E-state index in [-0.39, 0.29) is 5.92 Å². The summed E-state index contributed by atoms with van der Waals surface area (Å²) in [6.45, 7) is 6.19. The molecule has 2 rings (SSSR count). The van der Waals surface area contributed by atoms with Gasteiger partial charge in [0.2, 0.25) is 0 Å². The topological polar surface area (TPSA) is 20.3 Å². The molecular weight excluding hydrogens is 218 g/mol. The van der Waals surface area contributed by atoms with Crippen molar-refractivity contribution in [2.75, 3.05) is 13.1 Å². The first kappa shape index (κ1) is 11.8.